The smallest absolute Gasteiger partial charge is 0.312 e. The second-order valence-electron chi connectivity index (χ2n) is 6.82. The Hall–Kier alpha value is -2.37. The minimum absolute atomic E-state index is 0.0234. The Bertz CT molecular complexity index is 640. The van der Waals surface area contributed by atoms with Gasteiger partial charge in [0.25, 0.3) is 5.91 Å². The van der Waals surface area contributed by atoms with Crippen molar-refractivity contribution in [3.8, 4) is 0 Å². The minimum Gasteiger partial charge on any atom is -0.452 e. The van der Waals surface area contributed by atoms with Crippen molar-refractivity contribution in [2.24, 2.45) is 5.92 Å². The molecule has 134 valence electrons. The van der Waals surface area contributed by atoms with E-state index in [1.165, 1.54) is 0 Å². The second kappa shape index (κ2) is 7.68. The summed E-state index contributed by atoms with van der Waals surface area (Å²) in [4.78, 5) is 38.5. The van der Waals surface area contributed by atoms with Gasteiger partial charge in [-0.15, -0.1) is 0 Å². The van der Waals surface area contributed by atoms with E-state index in [9.17, 15) is 14.4 Å². The molecule has 25 heavy (non-hydrogen) atoms. The molecule has 0 aromatic heterocycles. The van der Waals surface area contributed by atoms with E-state index < -0.39 is 18.0 Å². The summed E-state index contributed by atoms with van der Waals surface area (Å²) in [5.74, 6) is -1.30. The number of anilines is 1. The second-order valence-corrected chi connectivity index (χ2v) is 6.82. The summed E-state index contributed by atoms with van der Waals surface area (Å²) in [6, 6.07) is 9.28. The van der Waals surface area contributed by atoms with Crippen LogP contribution >= 0.6 is 0 Å². The number of carbonyl (C=O) groups excluding carboxylic acids is 3. The van der Waals surface area contributed by atoms with Crippen LogP contribution in [0.25, 0.3) is 0 Å². The molecule has 0 bridgehead atoms. The number of amides is 2. The van der Waals surface area contributed by atoms with Gasteiger partial charge < -0.3 is 15.0 Å². The molecule has 0 spiro atoms. The van der Waals surface area contributed by atoms with Crippen molar-refractivity contribution >= 4 is 23.5 Å². The molecular formula is C19H24N2O4. The van der Waals surface area contributed by atoms with Crippen molar-refractivity contribution in [2.75, 3.05) is 11.9 Å². The van der Waals surface area contributed by atoms with Gasteiger partial charge in [-0.1, -0.05) is 31.0 Å². The van der Waals surface area contributed by atoms with Gasteiger partial charge in [0.1, 0.15) is 0 Å². The molecule has 1 saturated carbocycles. The first kappa shape index (κ1) is 17.5. The fourth-order valence-corrected chi connectivity index (χ4v) is 3.55. The Morgan fingerprint density at radius 1 is 1.20 bits per heavy atom. The third-order valence-electron chi connectivity index (χ3n) is 4.96. The SMILES string of the molecule is C[C@@H](OC(=O)[C@H]1CC(=O)N(C2CCCC2)C1)C(=O)Nc1ccccc1. The molecular weight excluding hydrogens is 320 g/mol. The molecule has 0 unspecified atom stereocenters. The summed E-state index contributed by atoms with van der Waals surface area (Å²) in [7, 11) is 0. The number of hydrogen-bond donors (Lipinski definition) is 1. The van der Waals surface area contributed by atoms with Gasteiger partial charge in [0.05, 0.1) is 5.92 Å². The zero-order chi connectivity index (χ0) is 17.8. The highest BCUT2D eigenvalue weighted by Gasteiger charge is 2.40. The maximum Gasteiger partial charge on any atom is 0.312 e. The van der Waals surface area contributed by atoms with Crippen LogP contribution in [0.1, 0.15) is 39.0 Å². The highest BCUT2D eigenvalue weighted by Crippen LogP contribution is 2.30. The highest BCUT2D eigenvalue weighted by molar-refractivity contribution is 5.95. The molecule has 3 rings (SSSR count). The van der Waals surface area contributed by atoms with Gasteiger partial charge in [-0.25, -0.2) is 0 Å². The molecule has 1 aliphatic carbocycles. The summed E-state index contributed by atoms with van der Waals surface area (Å²) in [6.07, 6.45) is 3.60. The largest absolute Gasteiger partial charge is 0.452 e. The molecule has 1 heterocycles. The highest BCUT2D eigenvalue weighted by atomic mass is 16.5. The first-order chi connectivity index (χ1) is 12.0. The third-order valence-corrected chi connectivity index (χ3v) is 4.96. The summed E-state index contributed by atoms with van der Waals surface area (Å²) < 4.78 is 5.30. The van der Waals surface area contributed by atoms with Gasteiger partial charge in [0.15, 0.2) is 6.10 Å². The van der Waals surface area contributed by atoms with Crippen LogP contribution < -0.4 is 5.32 Å². The lowest BCUT2D eigenvalue weighted by atomic mass is 10.1. The average molecular weight is 344 g/mol. The summed E-state index contributed by atoms with van der Waals surface area (Å²) in [5.41, 5.74) is 0.652. The zero-order valence-corrected chi connectivity index (χ0v) is 14.4. The average Bonchev–Trinajstić information content (AvgIpc) is 3.25. The number of likely N-dealkylation sites (tertiary alicyclic amines) is 1. The van der Waals surface area contributed by atoms with Crippen molar-refractivity contribution in [1.29, 1.82) is 0 Å². The van der Waals surface area contributed by atoms with Gasteiger partial charge in [-0.05, 0) is 31.9 Å². The van der Waals surface area contributed by atoms with Crippen LogP contribution in [-0.2, 0) is 19.1 Å². The number of nitrogens with one attached hydrogen (secondary N) is 1. The lowest BCUT2D eigenvalue weighted by molar-refractivity contribution is -0.157. The van der Waals surface area contributed by atoms with Crippen molar-refractivity contribution in [2.45, 2.75) is 51.2 Å². The molecule has 2 fully saturated rings. The maximum atomic E-state index is 12.3. The predicted molar refractivity (Wildman–Crippen MR) is 92.7 cm³/mol. The Morgan fingerprint density at radius 2 is 1.88 bits per heavy atom. The quantitative estimate of drug-likeness (QED) is 0.832. The Kier molecular flexibility index (Phi) is 5.36. The third kappa shape index (κ3) is 4.18. The number of rotatable bonds is 5. The van der Waals surface area contributed by atoms with E-state index >= 15 is 0 Å². The van der Waals surface area contributed by atoms with Crippen molar-refractivity contribution in [3.05, 3.63) is 30.3 Å². The van der Waals surface area contributed by atoms with Gasteiger partial charge >= 0.3 is 5.97 Å². The molecule has 6 heteroatoms. The first-order valence-corrected chi connectivity index (χ1v) is 8.90. The van der Waals surface area contributed by atoms with Crippen LogP contribution in [0.15, 0.2) is 30.3 Å². The van der Waals surface area contributed by atoms with Crippen molar-refractivity contribution in [1.82, 2.24) is 4.90 Å². The summed E-state index contributed by atoms with van der Waals surface area (Å²) >= 11 is 0. The predicted octanol–water partition coefficient (Wildman–Crippen LogP) is 2.35. The van der Waals surface area contributed by atoms with Crippen LogP contribution in [0.3, 0.4) is 0 Å². The van der Waals surface area contributed by atoms with Gasteiger partial charge in [0.2, 0.25) is 5.91 Å². The molecule has 2 aliphatic rings. The van der Waals surface area contributed by atoms with E-state index in [4.69, 9.17) is 4.74 Å². The van der Waals surface area contributed by atoms with Crippen LogP contribution in [0.5, 0.6) is 0 Å². The van der Waals surface area contributed by atoms with E-state index in [-0.39, 0.29) is 24.3 Å². The molecule has 2 amide bonds. The van der Waals surface area contributed by atoms with E-state index in [1.54, 1.807) is 19.1 Å². The van der Waals surface area contributed by atoms with Crippen LogP contribution in [0.2, 0.25) is 0 Å². The minimum atomic E-state index is -0.900. The van der Waals surface area contributed by atoms with Crippen LogP contribution in [-0.4, -0.2) is 41.4 Å². The number of carbonyl (C=O) groups is 3. The number of esters is 1. The molecule has 1 N–H and O–H groups in total. The number of benzene rings is 1. The molecule has 1 aliphatic heterocycles. The van der Waals surface area contributed by atoms with Crippen molar-refractivity contribution < 1.29 is 19.1 Å². The molecule has 1 aromatic rings. The molecule has 6 nitrogen and oxygen atoms in total. The number of hydrogen-bond acceptors (Lipinski definition) is 4. The maximum absolute atomic E-state index is 12.3. The van der Waals surface area contributed by atoms with E-state index in [2.05, 4.69) is 5.32 Å². The zero-order valence-electron chi connectivity index (χ0n) is 14.4. The Morgan fingerprint density at radius 3 is 2.56 bits per heavy atom. The lowest BCUT2D eigenvalue weighted by Crippen LogP contribution is -2.36. The van der Waals surface area contributed by atoms with E-state index in [1.807, 2.05) is 23.1 Å². The standard InChI is InChI=1S/C19H24N2O4/c1-13(18(23)20-15-7-3-2-4-8-15)25-19(24)14-11-17(22)21(12-14)16-9-5-6-10-16/h2-4,7-8,13-14,16H,5-6,9-12H2,1H3,(H,20,23)/t13-,14+/m1/s1. The Balaban J connectivity index is 1.51. The van der Waals surface area contributed by atoms with Gasteiger partial charge in [-0.3, -0.25) is 14.4 Å². The normalized spacial score (nSPS) is 22.0. The number of para-hydroxylation sites is 1. The number of ether oxygens (including phenoxy) is 1. The van der Waals surface area contributed by atoms with Gasteiger partial charge in [-0.2, -0.15) is 0 Å². The topological polar surface area (TPSA) is 75.7 Å². The van der Waals surface area contributed by atoms with Crippen molar-refractivity contribution in [3.63, 3.8) is 0 Å². The first-order valence-electron chi connectivity index (χ1n) is 8.90. The summed E-state index contributed by atoms with van der Waals surface area (Å²) in [5, 5.41) is 2.71. The molecule has 0 radical (unpaired) electrons. The Labute approximate surface area is 147 Å². The van der Waals surface area contributed by atoms with Crippen LogP contribution in [0, 0.1) is 5.92 Å². The monoisotopic (exact) mass is 344 g/mol. The lowest BCUT2D eigenvalue weighted by Gasteiger charge is -2.24. The fraction of sp³-hybridized carbons (Fsp3) is 0.526. The van der Waals surface area contributed by atoms with E-state index in [0.29, 0.717) is 12.2 Å². The summed E-state index contributed by atoms with van der Waals surface area (Å²) in [6.45, 7) is 1.96. The fourth-order valence-electron chi connectivity index (χ4n) is 3.55. The molecule has 1 aromatic carbocycles. The number of nitrogens with zero attached hydrogens (tertiary/aromatic N) is 1. The van der Waals surface area contributed by atoms with Crippen LogP contribution in [0.4, 0.5) is 5.69 Å². The molecule has 2 atom stereocenters. The van der Waals surface area contributed by atoms with Gasteiger partial charge in [0, 0.05) is 24.7 Å². The van der Waals surface area contributed by atoms with E-state index in [0.717, 1.165) is 25.7 Å². The molecule has 1 saturated heterocycles.